The van der Waals surface area contributed by atoms with Gasteiger partial charge in [-0.1, -0.05) is 6.07 Å². The van der Waals surface area contributed by atoms with E-state index in [0.717, 1.165) is 39.0 Å². The standard InChI is InChI=1S/C20H28F5N5O.HI/c1-3-26-19(27-11-18(31)29(2)13-20(23,24)25)28-15-6-8-30(9-7-15)12-14-4-5-16(21)17(22)10-14;/h4-5,10,15H,3,6-9,11-13H2,1-2H3,(H2,26,27,28);1H. The Balaban J connectivity index is 0.00000512. The quantitative estimate of drug-likeness (QED) is 0.227. The highest BCUT2D eigenvalue weighted by atomic mass is 127. The second-order valence-corrected chi connectivity index (χ2v) is 7.50. The number of benzene rings is 1. The zero-order valence-corrected chi connectivity index (χ0v) is 20.3. The molecule has 1 heterocycles. The third kappa shape index (κ3) is 9.84. The molecule has 1 aliphatic rings. The Hall–Kier alpha value is -1.70. The SMILES string of the molecule is CCNC(=NCC(=O)N(C)CC(F)(F)F)NC1CCN(Cc2ccc(F)c(F)c2)CC1.I. The summed E-state index contributed by atoms with van der Waals surface area (Å²) in [5.74, 6) is -2.09. The fourth-order valence-electron chi connectivity index (χ4n) is 3.27. The van der Waals surface area contributed by atoms with Crippen LogP contribution in [-0.2, 0) is 11.3 Å². The molecule has 1 fully saturated rings. The van der Waals surface area contributed by atoms with E-state index in [-0.39, 0.29) is 30.0 Å². The highest BCUT2D eigenvalue weighted by Gasteiger charge is 2.31. The summed E-state index contributed by atoms with van der Waals surface area (Å²) in [6.45, 7) is 2.63. The van der Waals surface area contributed by atoms with Crippen molar-refractivity contribution in [1.29, 1.82) is 0 Å². The fraction of sp³-hybridized carbons (Fsp3) is 0.600. The zero-order valence-electron chi connectivity index (χ0n) is 18.0. The maximum Gasteiger partial charge on any atom is 0.406 e. The van der Waals surface area contributed by atoms with Crippen LogP contribution in [0.2, 0.25) is 0 Å². The second-order valence-electron chi connectivity index (χ2n) is 7.50. The summed E-state index contributed by atoms with van der Waals surface area (Å²) in [4.78, 5) is 18.7. The number of amides is 1. The molecular weight excluding hydrogens is 548 g/mol. The Morgan fingerprint density at radius 3 is 2.44 bits per heavy atom. The largest absolute Gasteiger partial charge is 0.406 e. The molecule has 0 saturated carbocycles. The Bertz CT molecular complexity index is 769. The molecule has 12 heteroatoms. The number of hydrogen-bond donors (Lipinski definition) is 2. The van der Waals surface area contributed by atoms with Gasteiger partial charge in [0.25, 0.3) is 0 Å². The van der Waals surface area contributed by atoms with Crippen LogP contribution in [0.4, 0.5) is 22.0 Å². The Kier molecular flexibility index (Phi) is 11.6. The number of nitrogens with zero attached hydrogens (tertiary/aromatic N) is 3. The van der Waals surface area contributed by atoms with E-state index in [0.29, 0.717) is 29.5 Å². The first kappa shape index (κ1) is 28.3. The molecule has 1 saturated heterocycles. The van der Waals surface area contributed by atoms with Gasteiger partial charge in [-0.15, -0.1) is 24.0 Å². The molecule has 0 radical (unpaired) electrons. The van der Waals surface area contributed by atoms with Crippen LogP contribution in [0.25, 0.3) is 0 Å². The molecule has 0 aliphatic carbocycles. The third-order valence-electron chi connectivity index (χ3n) is 4.88. The van der Waals surface area contributed by atoms with E-state index < -0.39 is 36.8 Å². The molecule has 0 bridgehead atoms. The summed E-state index contributed by atoms with van der Waals surface area (Å²) in [7, 11) is 1.09. The predicted octanol–water partition coefficient (Wildman–Crippen LogP) is 3.12. The lowest BCUT2D eigenvalue weighted by atomic mass is 10.0. The molecule has 0 spiro atoms. The minimum atomic E-state index is -4.45. The first-order chi connectivity index (χ1) is 14.6. The maximum atomic E-state index is 13.4. The molecule has 0 atom stereocenters. The van der Waals surface area contributed by atoms with Crippen molar-refractivity contribution in [1.82, 2.24) is 20.4 Å². The van der Waals surface area contributed by atoms with Gasteiger partial charge in [0.1, 0.15) is 13.1 Å². The number of piperidine rings is 1. The van der Waals surface area contributed by atoms with Crippen LogP contribution in [0.15, 0.2) is 23.2 Å². The number of alkyl halides is 3. The summed E-state index contributed by atoms with van der Waals surface area (Å²) in [6.07, 6.45) is -2.93. The topological polar surface area (TPSA) is 60.0 Å². The van der Waals surface area contributed by atoms with Crippen LogP contribution in [-0.4, -0.2) is 73.7 Å². The van der Waals surface area contributed by atoms with Crippen molar-refractivity contribution in [3.63, 3.8) is 0 Å². The average Bonchev–Trinajstić information content (AvgIpc) is 2.69. The van der Waals surface area contributed by atoms with Crippen LogP contribution in [0.1, 0.15) is 25.3 Å². The number of halogens is 6. The van der Waals surface area contributed by atoms with Crippen molar-refractivity contribution in [2.45, 2.75) is 38.5 Å². The van der Waals surface area contributed by atoms with Gasteiger partial charge in [-0.25, -0.2) is 13.8 Å². The van der Waals surface area contributed by atoms with E-state index in [1.165, 1.54) is 6.07 Å². The lowest BCUT2D eigenvalue weighted by Gasteiger charge is -2.33. The number of nitrogens with one attached hydrogen (secondary N) is 2. The molecule has 2 N–H and O–H groups in total. The molecule has 1 aliphatic heterocycles. The van der Waals surface area contributed by atoms with E-state index in [1.54, 1.807) is 6.07 Å². The van der Waals surface area contributed by atoms with Crippen molar-refractivity contribution in [3.8, 4) is 0 Å². The highest BCUT2D eigenvalue weighted by Crippen LogP contribution is 2.17. The van der Waals surface area contributed by atoms with Crippen LogP contribution in [0, 0.1) is 11.6 Å². The molecule has 1 aromatic rings. The minimum Gasteiger partial charge on any atom is -0.357 e. The first-order valence-corrected chi connectivity index (χ1v) is 10.1. The Labute approximate surface area is 201 Å². The van der Waals surface area contributed by atoms with E-state index in [2.05, 4.69) is 20.5 Å². The van der Waals surface area contributed by atoms with Crippen LogP contribution < -0.4 is 10.6 Å². The highest BCUT2D eigenvalue weighted by molar-refractivity contribution is 14.0. The van der Waals surface area contributed by atoms with E-state index >= 15 is 0 Å². The number of likely N-dealkylation sites (N-methyl/N-ethyl adjacent to an activating group) is 1. The second kappa shape index (κ2) is 13.1. The number of carbonyl (C=O) groups excluding carboxylic acids is 1. The lowest BCUT2D eigenvalue weighted by molar-refractivity contribution is -0.157. The minimum absolute atomic E-state index is 0. The van der Waals surface area contributed by atoms with Crippen LogP contribution in [0.5, 0.6) is 0 Å². The van der Waals surface area contributed by atoms with Crippen molar-refractivity contribution < 1.29 is 26.7 Å². The monoisotopic (exact) mass is 577 g/mol. The van der Waals surface area contributed by atoms with Crippen LogP contribution in [0.3, 0.4) is 0 Å². The van der Waals surface area contributed by atoms with E-state index in [9.17, 15) is 26.7 Å². The molecule has 0 aromatic heterocycles. The normalized spacial score (nSPS) is 15.8. The van der Waals surface area contributed by atoms with Gasteiger partial charge < -0.3 is 15.5 Å². The van der Waals surface area contributed by atoms with Gasteiger partial charge in [0.05, 0.1) is 0 Å². The smallest absolute Gasteiger partial charge is 0.357 e. The number of rotatable bonds is 7. The Morgan fingerprint density at radius 2 is 1.88 bits per heavy atom. The van der Waals surface area contributed by atoms with Crippen molar-refractivity contribution in [2.24, 2.45) is 4.99 Å². The number of aliphatic imine (C=N–C) groups is 1. The number of carbonyl (C=O) groups is 1. The van der Waals surface area contributed by atoms with Gasteiger partial charge in [-0.05, 0) is 37.5 Å². The van der Waals surface area contributed by atoms with Gasteiger partial charge in [-0.3, -0.25) is 9.69 Å². The Morgan fingerprint density at radius 1 is 1.22 bits per heavy atom. The number of hydrogen-bond acceptors (Lipinski definition) is 3. The average molecular weight is 577 g/mol. The molecule has 32 heavy (non-hydrogen) atoms. The van der Waals surface area contributed by atoms with Gasteiger partial charge in [0.2, 0.25) is 5.91 Å². The summed E-state index contributed by atoms with van der Waals surface area (Å²) in [5.41, 5.74) is 0.696. The predicted molar refractivity (Wildman–Crippen MR) is 123 cm³/mol. The molecule has 2 rings (SSSR count). The molecule has 1 aromatic carbocycles. The van der Waals surface area contributed by atoms with Gasteiger partial charge in [-0.2, -0.15) is 13.2 Å². The lowest BCUT2D eigenvalue weighted by Crippen LogP contribution is -2.49. The number of likely N-dealkylation sites (tertiary alicyclic amines) is 1. The third-order valence-corrected chi connectivity index (χ3v) is 4.88. The molecule has 182 valence electrons. The molecule has 1 amide bonds. The molecule has 6 nitrogen and oxygen atoms in total. The van der Waals surface area contributed by atoms with Crippen molar-refractivity contribution in [2.75, 3.05) is 39.8 Å². The van der Waals surface area contributed by atoms with Gasteiger partial charge in [0.15, 0.2) is 17.6 Å². The van der Waals surface area contributed by atoms with E-state index in [1.807, 2.05) is 6.92 Å². The summed E-state index contributed by atoms with van der Waals surface area (Å²) >= 11 is 0. The molecule has 0 unspecified atom stereocenters. The fourth-order valence-corrected chi connectivity index (χ4v) is 3.27. The van der Waals surface area contributed by atoms with Crippen molar-refractivity contribution in [3.05, 3.63) is 35.4 Å². The first-order valence-electron chi connectivity index (χ1n) is 10.1. The van der Waals surface area contributed by atoms with Crippen LogP contribution >= 0.6 is 24.0 Å². The number of guanidine groups is 1. The maximum absolute atomic E-state index is 13.4. The van der Waals surface area contributed by atoms with Gasteiger partial charge >= 0.3 is 6.18 Å². The summed E-state index contributed by atoms with van der Waals surface area (Å²) in [5, 5.41) is 6.20. The van der Waals surface area contributed by atoms with Crippen molar-refractivity contribution >= 4 is 35.8 Å². The zero-order chi connectivity index (χ0) is 23.0. The van der Waals surface area contributed by atoms with Gasteiger partial charge in [0, 0.05) is 39.3 Å². The summed E-state index contributed by atoms with van der Waals surface area (Å²) < 4.78 is 63.6. The summed E-state index contributed by atoms with van der Waals surface area (Å²) in [6, 6.07) is 3.95. The van der Waals surface area contributed by atoms with E-state index in [4.69, 9.17) is 0 Å². The molecular formula is C20H29F5IN5O.